The number of aromatic nitrogens is 4. The van der Waals surface area contributed by atoms with Crippen molar-refractivity contribution >= 4 is 51.8 Å². The topological polar surface area (TPSA) is 254 Å². The van der Waals surface area contributed by atoms with Crippen LogP contribution >= 0.6 is 0 Å². The van der Waals surface area contributed by atoms with Gasteiger partial charge in [0.2, 0.25) is 0 Å². The summed E-state index contributed by atoms with van der Waals surface area (Å²) < 4.78 is 30.7. The second-order valence-corrected chi connectivity index (χ2v) is 19.7. The SMILES string of the molecule is CCc1c2c(nc3ccc(OC(=O)CC[C@H](NC(=O)OC(C)(C)C)C(=O)Oc4ccc5nc6c(c(CC)c5c4)Cn4c-6cc5c(c4=O)COC(=O)[C@]5(O)CC)cc13)-c1cc3c(c(=O)n1C2)COC(=O)[C@]3(O)CC. The van der Waals surface area contributed by atoms with E-state index in [4.69, 9.17) is 33.7 Å². The van der Waals surface area contributed by atoms with Crippen molar-refractivity contribution < 1.29 is 57.9 Å². The van der Waals surface area contributed by atoms with E-state index < -0.39 is 58.4 Å². The van der Waals surface area contributed by atoms with Crippen LogP contribution < -0.4 is 25.9 Å². The number of rotatable bonds is 11. The Balaban J connectivity index is 0.887. The van der Waals surface area contributed by atoms with Gasteiger partial charge >= 0.3 is 30.0 Å². The van der Waals surface area contributed by atoms with Crippen molar-refractivity contribution in [1.82, 2.24) is 24.4 Å². The minimum Gasteiger partial charge on any atom is -0.458 e. The van der Waals surface area contributed by atoms with Gasteiger partial charge in [0, 0.05) is 39.4 Å². The second kappa shape index (κ2) is 17.8. The number of aliphatic hydroxyl groups is 2. The summed E-state index contributed by atoms with van der Waals surface area (Å²) in [4.78, 5) is 104. The van der Waals surface area contributed by atoms with Crippen LogP contribution in [0.4, 0.5) is 4.79 Å². The number of benzene rings is 2. The molecular formula is C54H53N5O14. The number of carbonyl (C=O) groups is 5. The molecule has 3 N–H and O–H groups in total. The molecule has 8 heterocycles. The maximum absolute atomic E-state index is 14.0. The number of ether oxygens (including phenoxy) is 5. The van der Waals surface area contributed by atoms with Crippen LogP contribution in [-0.4, -0.2) is 70.9 Å². The van der Waals surface area contributed by atoms with Crippen LogP contribution in [0.25, 0.3) is 44.6 Å². The lowest BCUT2D eigenvalue weighted by Gasteiger charge is -2.31. The van der Waals surface area contributed by atoms with Gasteiger partial charge in [-0.05, 0) is 113 Å². The quantitative estimate of drug-likeness (QED) is 0.0788. The number of hydrogen-bond donors (Lipinski definition) is 3. The van der Waals surface area contributed by atoms with Gasteiger partial charge in [0.05, 0.1) is 58.0 Å². The van der Waals surface area contributed by atoms with Crippen molar-refractivity contribution in [2.24, 2.45) is 0 Å². The average molecular weight is 996 g/mol. The molecule has 0 bridgehead atoms. The first kappa shape index (κ1) is 48.8. The molecule has 0 fully saturated rings. The molecule has 378 valence electrons. The first-order chi connectivity index (χ1) is 34.7. The minimum atomic E-state index is -1.98. The zero-order chi connectivity index (χ0) is 52.1. The second-order valence-electron chi connectivity index (χ2n) is 19.7. The van der Waals surface area contributed by atoms with E-state index in [1.807, 2.05) is 13.8 Å². The van der Waals surface area contributed by atoms with E-state index in [1.54, 1.807) is 92.3 Å². The third-order valence-corrected chi connectivity index (χ3v) is 14.3. The summed E-state index contributed by atoms with van der Waals surface area (Å²) in [6.45, 7) is 12.0. The number of nitrogens with zero attached hydrogens (tertiary/aromatic N) is 4. The molecule has 0 saturated heterocycles. The Labute approximate surface area is 417 Å². The van der Waals surface area contributed by atoms with Crippen LogP contribution in [-0.2, 0) is 83.7 Å². The van der Waals surface area contributed by atoms with Crippen LogP contribution in [0.1, 0.15) is 119 Å². The van der Waals surface area contributed by atoms with E-state index in [1.165, 1.54) is 0 Å². The monoisotopic (exact) mass is 995 g/mol. The standard InChI is InChI=1S/C54H53N5O14/c1-8-28-30-18-26(12-14-38(30)55-44-32(28)22-58-41(44)20-36-34(46(58)61)24-69-49(64)53(36,67)10-3)71-43(60)17-16-40(57-51(66)73-52(5,6)7)48(63)72-27-13-15-39-31(19-27)29(9-2)33-23-59-42(45(33)56-39)21-37-35(47(59)62)25-70-50(65)54(37,68)11-4/h12-15,18-21,40,67-68H,8-11,16-17,22-25H2,1-7H3,(H,57,66)/t40-,53-,54-/m0/s1. The molecule has 0 unspecified atom stereocenters. The summed E-state index contributed by atoms with van der Waals surface area (Å²) in [5.41, 5.74) is 1.54. The fraction of sp³-hybridized carbons (Fsp3) is 0.389. The molecule has 0 saturated carbocycles. The fourth-order valence-electron chi connectivity index (χ4n) is 10.5. The highest BCUT2D eigenvalue weighted by atomic mass is 16.6. The van der Waals surface area contributed by atoms with E-state index in [2.05, 4.69) is 5.32 Å². The molecule has 4 aromatic heterocycles. The number of hydrogen-bond acceptors (Lipinski definition) is 16. The van der Waals surface area contributed by atoms with Crippen molar-refractivity contribution in [2.75, 3.05) is 0 Å². The molecule has 0 radical (unpaired) electrons. The summed E-state index contributed by atoms with van der Waals surface area (Å²) in [7, 11) is 0. The number of carbonyl (C=O) groups excluding carboxylic acids is 5. The summed E-state index contributed by atoms with van der Waals surface area (Å²) in [6.07, 6.45) is -0.417. The smallest absolute Gasteiger partial charge is 0.408 e. The van der Waals surface area contributed by atoms with E-state index in [9.17, 15) is 43.8 Å². The van der Waals surface area contributed by atoms with Crippen molar-refractivity contribution in [3.63, 3.8) is 0 Å². The molecule has 0 spiro atoms. The van der Waals surface area contributed by atoms with Gasteiger partial charge in [-0.25, -0.2) is 29.1 Å². The Kier molecular flexibility index (Phi) is 11.9. The molecule has 2 aromatic carbocycles. The van der Waals surface area contributed by atoms with Gasteiger partial charge in [-0.3, -0.25) is 14.4 Å². The Bertz CT molecular complexity index is 3550. The molecule has 10 rings (SSSR count). The zero-order valence-electron chi connectivity index (χ0n) is 41.3. The van der Waals surface area contributed by atoms with Gasteiger partial charge in [-0.1, -0.05) is 27.7 Å². The molecule has 3 atom stereocenters. The minimum absolute atomic E-state index is 0.00755. The predicted octanol–water partition coefficient (Wildman–Crippen LogP) is 5.78. The molecule has 73 heavy (non-hydrogen) atoms. The van der Waals surface area contributed by atoms with Crippen LogP contribution in [0, 0.1) is 0 Å². The fourth-order valence-corrected chi connectivity index (χ4v) is 10.5. The van der Waals surface area contributed by atoms with Crippen molar-refractivity contribution in [3.05, 3.63) is 114 Å². The Hall–Kier alpha value is -7.77. The lowest BCUT2D eigenvalue weighted by molar-refractivity contribution is -0.172. The first-order valence-corrected chi connectivity index (χ1v) is 24.4. The van der Waals surface area contributed by atoms with Gasteiger partial charge in [-0.15, -0.1) is 0 Å². The van der Waals surface area contributed by atoms with E-state index >= 15 is 0 Å². The molecule has 4 aliphatic rings. The number of aryl methyl sites for hydroxylation is 2. The Morgan fingerprint density at radius 2 is 1.16 bits per heavy atom. The van der Waals surface area contributed by atoms with Gasteiger partial charge in [0.1, 0.15) is 36.4 Å². The van der Waals surface area contributed by atoms with Crippen molar-refractivity contribution in [3.8, 4) is 34.3 Å². The van der Waals surface area contributed by atoms with Crippen LogP contribution in [0.3, 0.4) is 0 Å². The maximum atomic E-state index is 14.0. The Morgan fingerprint density at radius 3 is 1.60 bits per heavy atom. The number of alkyl carbamates (subject to hydrolysis) is 1. The average Bonchev–Trinajstić information content (AvgIpc) is 3.91. The third-order valence-electron chi connectivity index (χ3n) is 14.3. The normalized spacial score (nSPS) is 18.6. The number of cyclic esters (lactones) is 2. The lowest BCUT2D eigenvalue weighted by atomic mass is 9.86. The molecule has 19 heteroatoms. The zero-order valence-corrected chi connectivity index (χ0v) is 41.3. The van der Waals surface area contributed by atoms with Crippen LogP contribution in [0.5, 0.6) is 11.5 Å². The largest absolute Gasteiger partial charge is 0.458 e. The number of fused-ring (bicyclic) bond motifs is 10. The highest BCUT2D eigenvalue weighted by Gasteiger charge is 2.47. The molecule has 6 aromatic rings. The highest BCUT2D eigenvalue weighted by molar-refractivity contribution is 5.93. The van der Waals surface area contributed by atoms with Crippen LogP contribution in [0.15, 0.2) is 58.1 Å². The Morgan fingerprint density at radius 1 is 0.699 bits per heavy atom. The maximum Gasteiger partial charge on any atom is 0.408 e. The summed E-state index contributed by atoms with van der Waals surface area (Å²) in [6, 6.07) is 11.7. The molecule has 19 nitrogen and oxygen atoms in total. The highest BCUT2D eigenvalue weighted by Crippen LogP contribution is 2.43. The van der Waals surface area contributed by atoms with E-state index in [-0.39, 0.29) is 91.3 Å². The summed E-state index contributed by atoms with van der Waals surface area (Å²) >= 11 is 0. The van der Waals surface area contributed by atoms with Gasteiger partial charge < -0.3 is 48.3 Å². The number of nitrogens with one attached hydrogen (secondary N) is 1. The number of pyridine rings is 4. The van der Waals surface area contributed by atoms with Crippen molar-refractivity contribution in [1.29, 1.82) is 0 Å². The molecule has 0 aliphatic carbocycles. The molecule has 4 aliphatic heterocycles. The molecular weight excluding hydrogens is 943 g/mol. The van der Waals surface area contributed by atoms with Gasteiger partial charge in [0.15, 0.2) is 11.2 Å². The van der Waals surface area contributed by atoms with E-state index in [0.29, 0.717) is 57.4 Å². The van der Waals surface area contributed by atoms with E-state index in [0.717, 1.165) is 22.3 Å². The number of amides is 1. The number of esters is 4. The van der Waals surface area contributed by atoms with Crippen LogP contribution in [0.2, 0.25) is 0 Å². The predicted molar refractivity (Wildman–Crippen MR) is 261 cm³/mol. The first-order valence-electron chi connectivity index (χ1n) is 24.4. The van der Waals surface area contributed by atoms with Crippen molar-refractivity contribution in [2.45, 2.75) is 136 Å². The third kappa shape index (κ3) is 8.01. The van der Waals surface area contributed by atoms with Gasteiger partial charge in [-0.2, -0.15) is 0 Å². The molecule has 1 amide bonds. The summed E-state index contributed by atoms with van der Waals surface area (Å²) in [5, 5.41) is 26.5. The summed E-state index contributed by atoms with van der Waals surface area (Å²) in [5.74, 6) is -2.89. The lowest BCUT2D eigenvalue weighted by Crippen LogP contribution is -2.45. The van der Waals surface area contributed by atoms with Gasteiger partial charge in [0.25, 0.3) is 11.1 Å².